The number of hydrogen-bond acceptors (Lipinski definition) is 6. The van der Waals surface area contributed by atoms with Crippen molar-refractivity contribution in [2.45, 2.75) is 6.61 Å². The molecule has 4 rings (SSSR count). The highest BCUT2D eigenvalue weighted by atomic mass is 19.1. The van der Waals surface area contributed by atoms with Crippen LogP contribution >= 0.6 is 0 Å². The molecule has 1 heterocycles. The van der Waals surface area contributed by atoms with Crippen LogP contribution in [-0.4, -0.2) is 20.8 Å². The normalized spacial score (nSPS) is 11.2. The van der Waals surface area contributed by atoms with Crippen LogP contribution in [0.4, 0.5) is 10.1 Å². The minimum absolute atomic E-state index is 0.0591. The van der Waals surface area contributed by atoms with Crippen LogP contribution in [0.5, 0.6) is 5.75 Å². The van der Waals surface area contributed by atoms with E-state index in [1.807, 2.05) is 0 Å². The summed E-state index contributed by atoms with van der Waals surface area (Å²) in [4.78, 5) is 38.1. The van der Waals surface area contributed by atoms with E-state index >= 15 is 0 Å². The number of para-hydroxylation sites is 1. The monoisotopic (exact) mass is 434 g/mol. The third kappa shape index (κ3) is 4.15. The number of nitro benzene ring substituents is 1. The minimum atomic E-state index is -0.746. The van der Waals surface area contributed by atoms with E-state index in [1.54, 1.807) is 30.3 Å². The lowest BCUT2D eigenvalue weighted by atomic mass is 10.2. The molecule has 0 aliphatic heterocycles. The lowest BCUT2D eigenvalue weighted by Crippen LogP contribution is -2.32. The summed E-state index contributed by atoms with van der Waals surface area (Å²) >= 11 is 0. The first-order chi connectivity index (χ1) is 15.4. The number of rotatable bonds is 6. The van der Waals surface area contributed by atoms with E-state index in [0.29, 0.717) is 10.2 Å². The predicted molar refractivity (Wildman–Crippen MR) is 116 cm³/mol. The molecular weight excluding hydrogens is 419 g/mol. The second kappa shape index (κ2) is 8.64. The molecule has 0 radical (unpaired) electrons. The van der Waals surface area contributed by atoms with Crippen molar-refractivity contribution in [1.82, 2.24) is 9.66 Å². The summed E-state index contributed by atoms with van der Waals surface area (Å²) in [6, 6.07) is 16.4. The molecule has 1 N–H and O–H groups in total. The van der Waals surface area contributed by atoms with Crippen molar-refractivity contribution in [3.8, 4) is 5.75 Å². The number of nitro groups is 1. The van der Waals surface area contributed by atoms with Gasteiger partial charge in [-0.3, -0.25) is 14.9 Å². The molecule has 9 nitrogen and oxygen atoms in total. The van der Waals surface area contributed by atoms with Gasteiger partial charge in [0.15, 0.2) is 5.75 Å². The lowest BCUT2D eigenvalue weighted by molar-refractivity contribution is -0.386. The van der Waals surface area contributed by atoms with Gasteiger partial charge in [0, 0.05) is 17.2 Å². The first-order valence-corrected chi connectivity index (χ1v) is 9.37. The van der Waals surface area contributed by atoms with Gasteiger partial charge in [-0.1, -0.05) is 30.3 Å². The van der Waals surface area contributed by atoms with Crippen molar-refractivity contribution < 1.29 is 14.1 Å². The van der Waals surface area contributed by atoms with Gasteiger partial charge in [0.05, 0.1) is 22.0 Å². The Kier molecular flexibility index (Phi) is 5.58. The zero-order valence-electron chi connectivity index (χ0n) is 16.4. The van der Waals surface area contributed by atoms with Crippen LogP contribution in [0.25, 0.3) is 10.9 Å². The van der Waals surface area contributed by atoms with Crippen LogP contribution in [0, 0.1) is 15.9 Å². The smallest absolute Gasteiger partial charge is 0.349 e. The number of fused-ring (bicyclic) bond motifs is 1. The van der Waals surface area contributed by atoms with Gasteiger partial charge < -0.3 is 9.72 Å². The number of nitrogens with one attached hydrogen (secondary N) is 1. The summed E-state index contributed by atoms with van der Waals surface area (Å²) in [5.74, 6) is -0.541. The Bertz CT molecular complexity index is 1480. The molecule has 4 aromatic rings. The zero-order valence-corrected chi connectivity index (χ0v) is 16.4. The maximum absolute atomic E-state index is 13.8. The summed E-state index contributed by atoms with van der Waals surface area (Å²) in [5.41, 5.74) is -0.855. The molecule has 0 unspecified atom stereocenters. The maximum Gasteiger partial charge on any atom is 0.349 e. The van der Waals surface area contributed by atoms with Crippen LogP contribution in [-0.2, 0) is 6.61 Å². The largest absolute Gasteiger partial charge is 0.482 e. The minimum Gasteiger partial charge on any atom is -0.482 e. The van der Waals surface area contributed by atoms with Crippen molar-refractivity contribution in [2.75, 3.05) is 0 Å². The van der Waals surface area contributed by atoms with Crippen molar-refractivity contribution in [3.63, 3.8) is 0 Å². The number of hydrogen-bond donors (Lipinski definition) is 1. The molecule has 160 valence electrons. The van der Waals surface area contributed by atoms with Crippen molar-refractivity contribution in [1.29, 1.82) is 0 Å². The van der Waals surface area contributed by atoms with Gasteiger partial charge in [0.1, 0.15) is 12.4 Å². The number of H-pyrrole nitrogens is 1. The molecule has 0 fully saturated rings. The number of aromatic nitrogens is 2. The summed E-state index contributed by atoms with van der Waals surface area (Å²) in [6.07, 6.45) is 1.15. The zero-order chi connectivity index (χ0) is 22.7. The first-order valence-electron chi connectivity index (χ1n) is 9.37. The van der Waals surface area contributed by atoms with Crippen molar-refractivity contribution in [3.05, 3.63) is 115 Å². The highest BCUT2D eigenvalue weighted by Crippen LogP contribution is 2.28. The van der Waals surface area contributed by atoms with E-state index in [2.05, 4.69) is 10.1 Å². The van der Waals surface area contributed by atoms with Gasteiger partial charge in [-0.15, -0.1) is 4.68 Å². The Morgan fingerprint density at radius 2 is 1.84 bits per heavy atom. The predicted octanol–water partition coefficient (Wildman–Crippen LogP) is 3.20. The first kappa shape index (κ1) is 20.7. The molecule has 0 atom stereocenters. The Labute approximate surface area is 179 Å². The molecule has 0 bridgehead atoms. The lowest BCUT2D eigenvalue weighted by Gasteiger charge is -2.08. The fourth-order valence-corrected chi connectivity index (χ4v) is 3.03. The Morgan fingerprint density at radius 3 is 2.62 bits per heavy atom. The van der Waals surface area contributed by atoms with E-state index in [1.165, 1.54) is 36.4 Å². The van der Waals surface area contributed by atoms with Gasteiger partial charge in [0.25, 0.3) is 5.56 Å². The van der Waals surface area contributed by atoms with E-state index in [4.69, 9.17) is 4.74 Å². The van der Waals surface area contributed by atoms with Gasteiger partial charge in [-0.25, -0.2) is 9.18 Å². The van der Waals surface area contributed by atoms with Crippen molar-refractivity contribution >= 4 is 22.8 Å². The van der Waals surface area contributed by atoms with Gasteiger partial charge in [0.2, 0.25) is 0 Å². The molecule has 3 aromatic carbocycles. The third-order valence-electron chi connectivity index (χ3n) is 4.63. The molecule has 0 saturated heterocycles. The quantitative estimate of drug-likeness (QED) is 0.284. The summed E-state index contributed by atoms with van der Waals surface area (Å²) in [5, 5.41) is 15.6. The third-order valence-corrected chi connectivity index (χ3v) is 4.63. The number of benzene rings is 3. The van der Waals surface area contributed by atoms with Crippen LogP contribution in [0.3, 0.4) is 0 Å². The number of halogens is 1. The Hall–Kier alpha value is -4.60. The summed E-state index contributed by atoms with van der Waals surface area (Å²) in [6.45, 7) is -0.192. The second-order valence-electron chi connectivity index (χ2n) is 6.70. The van der Waals surface area contributed by atoms with Crippen molar-refractivity contribution in [2.24, 2.45) is 5.10 Å². The fourth-order valence-electron chi connectivity index (χ4n) is 3.03. The number of aromatic amines is 1. The molecular formula is C22H15FN4O5. The summed E-state index contributed by atoms with van der Waals surface area (Å²) < 4.78 is 19.8. The highest BCUT2D eigenvalue weighted by molar-refractivity contribution is 5.82. The molecule has 0 amide bonds. The van der Waals surface area contributed by atoms with Gasteiger partial charge in [-0.05, 0) is 30.3 Å². The topological polar surface area (TPSA) is 120 Å². The van der Waals surface area contributed by atoms with Crippen LogP contribution < -0.4 is 16.0 Å². The highest BCUT2D eigenvalue weighted by Gasteiger charge is 2.16. The number of nitrogens with zero attached hydrogens (tertiary/aromatic N) is 3. The summed E-state index contributed by atoms with van der Waals surface area (Å²) in [7, 11) is 0. The fraction of sp³-hybridized carbons (Fsp3) is 0.0455. The van der Waals surface area contributed by atoms with Crippen LogP contribution in [0.1, 0.15) is 11.1 Å². The molecule has 10 heteroatoms. The molecule has 0 aliphatic carbocycles. The SMILES string of the molecule is O=c1[nH]c2ccccc2c(=O)n1N=Cc1ccc(OCc2ccccc2F)c([N+](=O)[O-])c1. The van der Waals surface area contributed by atoms with E-state index in [-0.39, 0.29) is 34.6 Å². The second-order valence-corrected chi connectivity index (χ2v) is 6.70. The van der Waals surface area contributed by atoms with Crippen LogP contribution in [0.15, 0.2) is 81.4 Å². The Morgan fingerprint density at radius 1 is 1.09 bits per heavy atom. The van der Waals surface area contributed by atoms with Crippen LogP contribution in [0.2, 0.25) is 0 Å². The Balaban J connectivity index is 1.63. The maximum atomic E-state index is 13.8. The van der Waals surface area contributed by atoms with E-state index < -0.39 is 22.0 Å². The standard InChI is InChI=1S/C22H15FN4O5/c23-17-7-3-1-5-15(17)13-32-20-10-9-14(11-19(20)27(30)31)12-24-26-21(28)16-6-2-4-8-18(16)25-22(26)29/h1-12H,13H2,(H,25,29). The molecule has 0 aliphatic rings. The average Bonchev–Trinajstić information content (AvgIpc) is 2.78. The molecule has 32 heavy (non-hydrogen) atoms. The molecule has 0 saturated carbocycles. The molecule has 1 aromatic heterocycles. The molecule has 0 spiro atoms. The van der Waals surface area contributed by atoms with Gasteiger partial charge >= 0.3 is 11.4 Å². The number of ether oxygens (including phenoxy) is 1. The van der Waals surface area contributed by atoms with E-state index in [0.717, 1.165) is 6.21 Å². The van der Waals surface area contributed by atoms with E-state index in [9.17, 15) is 24.1 Å². The van der Waals surface area contributed by atoms with Gasteiger partial charge in [-0.2, -0.15) is 5.10 Å². The average molecular weight is 434 g/mol.